The van der Waals surface area contributed by atoms with Gasteiger partial charge in [-0.15, -0.1) is 0 Å². The van der Waals surface area contributed by atoms with Crippen molar-refractivity contribution in [1.82, 2.24) is 0 Å². The Labute approximate surface area is 111 Å². The van der Waals surface area contributed by atoms with E-state index in [4.69, 9.17) is 11.5 Å². The summed E-state index contributed by atoms with van der Waals surface area (Å²) in [4.78, 5) is 7.87. The van der Waals surface area contributed by atoms with Gasteiger partial charge in [-0.2, -0.15) is 0 Å². The Balaban J connectivity index is 0.000000327. The van der Waals surface area contributed by atoms with Crippen LogP contribution in [0.15, 0.2) is 21.8 Å². The monoisotopic (exact) mass is 252 g/mol. The molecule has 1 aliphatic rings. The van der Waals surface area contributed by atoms with E-state index in [1.165, 1.54) is 12.0 Å². The van der Waals surface area contributed by atoms with Gasteiger partial charge in [0.2, 0.25) is 0 Å². The van der Waals surface area contributed by atoms with E-state index in [1.54, 1.807) is 0 Å². The van der Waals surface area contributed by atoms with Gasteiger partial charge >= 0.3 is 0 Å². The van der Waals surface area contributed by atoms with E-state index in [0.717, 1.165) is 25.3 Å². The summed E-state index contributed by atoms with van der Waals surface area (Å²) in [6, 6.07) is 0. The summed E-state index contributed by atoms with van der Waals surface area (Å²) in [5.74, 6) is 1.62. The first kappa shape index (κ1) is 16.7. The first-order valence-corrected chi connectivity index (χ1v) is 6.69. The minimum absolute atomic E-state index is 0.198. The highest BCUT2D eigenvalue weighted by Crippen LogP contribution is 2.15. The van der Waals surface area contributed by atoms with Crippen LogP contribution in [0.25, 0.3) is 0 Å². The average Bonchev–Trinajstić information content (AvgIpc) is 2.78. The van der Waals surface area contributed by atoms with Gasteiger partial charge in [0.05, 0.1) is 0 Å². The molecule has 1 aliphatic heterocycles. The van der Waals surface area contributed by atoms with E-state index in [9.17, 15) is 0 Å². The molecule has 0 aromatic heterocycles. The predicted molar refractivity (Wildman–Crippen MR) is 80.8 cm³/mol. The van der Waals surface area contributed by atoms with Gasteiger partial charge in [-0.05, 0) is 30.3 Å². The Morgan fingerprint density at radius 1 is 1.33 bits per heavy atom. The number of rotatable bonds is 5. The number of hydrogen-bond donors (Lipinski definition) is 2. The van der Waals surface area contributed by atoms with Crippen molar-refractivity contribution in [3.05, 3.63) is 11.8 Å². The molecule has 0 atom stereocenters. The number of nitrogens with zero attached hydrogens (tertiary/aromatic N) is 2. The van der Waals surface area contributed by atoms with E-state index in [1.807, 2.05) is 12.4 Å². The lowest BCUT2D eigenvalue weighted by atomic mass is 10.0. The summed E-state index contributed by atoms with van der Waals surface area (Å²) in [6.45, 7) is 9.53. The van der Waals surface area contributed by atoms with Crippen LogP contribution in [0, 0.1) is 11.8 Å². The summed E-state index contributed by atoms with van der Waals surface area (Å²) in [7, 11) is 0. The number of guanidine groups is 1. The largest absolute Gasteiger partial charge is 0.370 e. The maximum Gasteiger partial charge on any atom is 0.185 e. The maximum absolute atomic E-state index is 5.14. The fraction of sp³-hybridized carbons (Fsp3) is 0.714. The van der Waals surface area contributed by atoms with Crippen molar-refractivity contribution >= 4 is 12.2 Å². The van der Waals surface area contributed by atoms with Crippen molar-refractivity contribution < 1.29 is 0 Å². The summed E-state index contributed by atoms with van der Waals surface area (Å²) in [6.07, 6.45) is 7.25. The Morgan fingerprint density at radius 3 is 2.33 bits per heavy atom. The molecule has 0 amide bonds. The minimum atomic E-state index is 0.198. The molecule has 0 unspecified atom stereocenters. The Morgan fingerprint density at radius 2 is 2.00 bits per heavy atom. The molecule has 1 heterocycles. The van der Waals surface area contributed by atoms with Crippen molar-refractivity contribution in [2.24, 2.45) is 33.3 Å². The van der Waals surface area contributed by atoms with Gasteiger partial charge in [-0.25, -0.2) is 0 Å². The van der Waals surface area contributed by atoms with Gasteiger partial charge in [0.25, 0.3) is 0 Å². The third-order valence-corrected chi connectivity index (χ3v) is 2.65. The molecule has 0 fully saturated rings. The van der Waals surface area contributed by atoms with Gasteiger partial charge < -0.3 is 11.5 Å². The third kappa shape index (κ3) is 9.87. The fourth-order valence-corrected chi connectivity index (χ4v) is 1.45. The molecule has 4 nitrogen and oxygen atoms in total. The summed E-state index contributed by atoms with van der Waals surface area (Å²) in [5.41, 5.74) is 11.7. The fourth-order valence-electron chi connectivity index (χ4n) is 1.45. The second-order valence-electron chi connectivity index (χ2n) is 5.24. The molecule has 0 saturated carbocycles. The zero-order chi connectivity index (χ0) is 14.0. The molecular weight excluding hydrogens is 224 g/mol. The lowest BCUT2D eigenvalue weighted by Gasteiger charge is -2.01. The van der Waals surface area contributed by atoms with Crippen molar-refractivity contribution in [3.63, 3.8) is 0 Å². The molecule has 0 aromatic rings. The van der Waals surface area contributed by atoms with Crippen LogP contribution in [0.1, 0.15) is 47.0 Å². The normalized spacial score (nSPS) is 13.3. The topological polar surface area (TPSA) is 76.8 Å². The maximum atomic E-state index is 5.14. The zero-order valence-corrected chi connectivity index (χ0v) is 12.2. The Kier molecular flexibility index (Phi) is 8.97. The highest BCUT2D eigenvalue weighted by Gasteiger charge is 2.03. The van der Waals surface area contributed by atoms with Crippen LogP contribution in [-0.2, 0) is 0 Å². The molecule has 0 saturated heterocycles. The predicted octanol–water partition coefficient (Wildman–Crippen LogP) is 2.70. The number of hydrogen-bond acceptors (Lipinski definition) is 2. The van der Waals surface area contributed by atoms with Crippen molar-refractivity contribution in [1.29, 1.82) is 0 Å². The Hall–Kier alpha value is -1.32. The molecule has 0 spiro atoms. The first-order valence-electron chi connectivity index (χ1n) is 6.69. The van der Waals surface area contributed by atoms with Crippen LogP contribution >= 0.6 is 0 Å². The molecular formula is C14H28N4. The van der Waals surface area contributed by atoms with Crippen LogP contribution in [0.3, 0.4) is 0 Å². The van der Waals surface area contributed by atoms with Crippen molar-refractivity contribution in [2.45, 2.75) is 47.0 Å². The summed E-state index contributed by atoms with van der Waals surface area (Å²) in [5, 5.41) is 0. The quantitative estimate of drug-likeness (QED) is 0.448. The summed E-state index contributed by atoms with van der Waals surface area (Å²) >= 11 is 0. The second-order valence-corrected chi connectivity index (χ2v) is 5.24. The molecule has 1 rings (SSSR count). The molecule has 104 valence electrons. The van der Waals surface area contributed by atoms with Crippen LogP contribution < -0.4 is 11.5 Å². The smallest absolute Gasteiger partial charge is 0.185 e. The van der Waals surface area contributed by atoms with E-state index in [2.05, 4.69) is 37.7 Å². The highest BCUT2D eigenvalue weighted by atomic mass is 15.0. The molecule has 0 aromatic carbocycles. The van der Waals surface area contributed by atoms with E-state index >= 15 is 0 Å². The number of aliphatic imine (C=N–C) groups is 2. The molecule has 18 heavy (non-hydrogen) atoms. The number of nitrogens with two attached hydrogens (primary N) is 2. The third-order valence-electron chi connectivity index (χ3n) is 2.65. The second kappa shape index (κ2) is 9.68. The van der Waals surface area contributed by atoms with Crippen LogP contribution in [0.5, 0.6) is 0 Å². The van der Waals surface area contributed by atoms with Gasteiger partial charge in [0.15, 0.2) is 5.96 Å². The van der Waals surface area contributed by atoms with Crippen LogP contribution in [-0.4, -0.2) is 18.7 Å². The molecule has 0 radical (unpaired) electrons. The standard InChI is InChI=1S/C7H17N3.C7H11N/c1-6(2)4-3-5-10-7(8)9;1-6(2)7-3-4-8-5-7/h6H,3-5H2,1-2H3,(H4,8,9,10);4-6H,3H2,1-2H3. The highest BCUT2D eigenvalue weighted by molar-refractivity contribution is 5.75. The summed E-state index contributed by atoms with van der Waals surface area (Å²) < 4.78 is 0. The lowest BCUT2D eigenvalue weighted by Crippen LogP contribution is -2.22. The molecule has 0 aliphatic carbocycles. The number of allylic oxidation sites excluding steroid dienone is 1. The SMILES string of the molecule is CC(C)C1=CN=CC1.CC(C)CCCN=C(N)N. The van der Waals surface area contributed by atoms with Crippen LogP contribution in [0.4, 0.5) is 0 Å². The lowest BCUT2D eigenvalue weighted by molar-refractivity contribution is 0.561. The minimum Gasteiger partial charge on any atom is -0.370 e. The van der Waals surface area contributed by atoms with Crippen LogP contribution in [0.2, 0.25) is 0 Å². The van der Waals surface area contributed by atoms with Gasteiger partial charge in [0.1, 0.15) is 0 Å². The average molecular weight is 252 g/mol. The van der Waals surface area contributed by atoms with Gasteiger partial charge in [0, 0.05) is 25.4 Å². The molecule has 0 bridgehead atoms. The molecule has 4 N–H and O–H groups in total. The van der Waals surface area contributed by atoms with Crippen molar-refractivity contribution in [3.8, 4) is 0 Å². The van der Waals surface area contributed by atoms with E-state index in [-0.39, 0.29) is 5.96 Å². The van der Waals surface area contributed by atoms with Crippen molar-refractivity contribution in [2.75, 3.05) is 6.54 Å². The molecule has 4 heteroatoms. The van der Waals surface area contributed by atoms with E-state index < -0.39 is 0 Å². The van der Waals surface area contributed by atoms with Gasteiger partial charge in [-0.3, -0.25) is 9.98 Å². The first-order chi connectivity index (χ1) is 8.43. The van der Waals surface area contributed by atoms with E-state index in [0.29, 0.717) is 5.92 Å². The zero-order valence-electron chi connectivity index (χ0n) is 12.2. The Bertz CT molecular complexity index is 297. The van der Waals surface area contributed by atoms with Gasteiger partial charge in [-0.1, -0.05) is 27.7 Å².